The number of hydrogen-bond acceptors (Lipinski definition) is 3. The smallest absolute Gasteiger partial charge is 0.226 e. The van der Waals surface area contributed by atoms with Crippen molar-refractivity contribution in [2.24, 2.45) is 4.99 Å². The lowest BCUT2D eigenvalue weighted by Gasteiger charge is -2.12. The summed E-state index contributed by atoms with van der Waals surface area (Å²) in [6, 6.07) is 16.1. The number of aryl methyl sites for hydroxylation is 1. The number of aromatic nitrogens is 1. The molecule has 3 rings (SSSR count). The van der Waals surface area contributed by atoms with Gasteiger partial charge in [-0.2, -0.15) is 0 Å². The second-order valence-corrected chi connectivity index (χ2v) is 6.78. The highest BCUT2D eigenvalue weighted by molar-refractivity contribution is 9.10. The molecule has 2 aromatic carbocycles. The first-order chi connectivity index (χ1) is 12.7. The molecule has 0 bridgehead atoms. The zero-order chi connectivity index (χ0) is 18.4. The first-order valence-electron chi connectivity index (χ1n) is 8.35. The molecule has 0 saturated heterocycles. The van der Waals surface area contributed by atoms with Crippen molar-refractivity contribution < 1.29 is 4.42 Å². The molecule has 0 fully saturated rings. The summed E-state index contributed by atoms with van der Waals surface area (Å²) >= 11 is 3.49. The number of rotatable bonds is 5. The van der Waals surface area contributed by atoms with Crippen LogP contribution >= 0.6 is 15.9 Å². The quantitative estimate of drug-likeness (QED) is 0.484. The third-order valence-corrected chi connectivity index (χ3v) is 4.48. The minimum absolute atomic E-state index is 0.537. The van der Waals surface area contributed by atoms with E-state index in [1.54, 1.807) is 13.3 Å². The lowest BCUT2D eigenvalue weighted by molar-refractivity contribution is 0.572. The molecule has 26 heavy (non-hydrogen) atoms. The Morgan fingerprint density at radius 2 is 1.88 bits per heavy atom. The lowest BCUT2D eigenvalue weighted by Crippen LogP contribution is -2.36. The summed E-state index contributed by atoms with van der Waals surface area (Å²) in [5.41, 5.74) is 4.24. The molecule has 5 nitrogen and oxygen atoms in total. The fourth-order valence-corrected chi connectivity index (χ4v) is 3.01. The number of hydrogen-bond donors (Lipinski definition) is 2. The maximum atomic E-state index is 5.56. The predicted octanol–water partition coefficient (Wildman–Crippen LogP) is 4.28. The Hall–Kier alpha value is -2.60. The van der Waals surface area contributed by atoms with Gasteiger partial charge in [0.1, 0.15) is 6.26 Å². The molecule has 6 heteroatoms. The minimum Gasteiger partial charge on any atom is -0.444 e. The van der Waals surface area contributed by atoms with Crippen LogP contribution in [0.15, 0.2) is 68.7 Å². The molecule has 0 aliphatic carbocycles. The first kappa shape index (κ1) is 18.2. The van der Waals surface area contributed by atoms with Gasteiger partial charge in [0.15, 0.2) is 5.96 Å². The monoisotopic (exact) mass is 412 g/mol. The Labute approximate surface area is 161 Å². The molecule has 0 atom stereocenters. The average Bonchev–Trinajstić information content (AvgIpc) is 3.13. The van der Waals surface area contributed by atoms with Crippen LogP contribution in [0.3, 0.4) is 0 Å². The van der Waals surface area contributed by atoms with Gasteiger partial charge in [-0.25, -0.2) is 4.98 Å². The van der Waals surface area contributed by atoms with Crippen LogP contribution in [0.25, 0.3) is 11.5 Å². The van der Waals surface area contributed by atoms with Crippen LogP contribution in [-0.4, -0.2) is 18.0 Å². The van der Waals surface area contributed by atoms with Crippen LogP contribution in [0.5, 0.6) is 0 Å². The Morgan fingerprint density at radius 3 is 2.62 bits per heavy atom. The van der Waals surface area contributed by atoms with Crippen molar-refractivity contribution in [1.82, 2.24) is 15.6 Å². The Morgan fingerprint density at radius 1 is 1.12 bits per heavy atom. The molecule has 0 amide bonds. The second kappa shape index (κ2) is 8.67. The number of aliphatic imine (C=N–C) groups is 1. The van der Waals surface area contributed by atoms with E-state index in [1.165, 1.54) is 11.1 Å². The fourth-order valence-electron chi connectivity index (χ4n) is 2.53. The number of oxazole rings is 1. The van der Waals surface area contributed by atoms with Crippen LogP contribution in [0.2, 0.25) is 0 Å². The molecular formula is C20H21BrN4O. The van der Waals surface area contributed by atoms with Crippen LogP contribution < -0.4 is 10.6 Å². The number of nitrogens with one attached hydrogen (secondary N) is 2. The van der Waals surface area contributed by atoms with Crippen LogP contribution in [-0.2, 0) is 13.1 Å². The van der Waals surface area contributed by atoms with Crippen molar-refractivity contribution >= 4 is 21.9 Å². The van der Waals surface area contributed by atoms with Crippen molar-refractivity contribution in [3.8, 4) is 11.5 Å². The second-order valence-electron chi connectivity index (χ2n) is 5.86. The van der Waals surface area contributed by atoms with Gasteiger partial charge in [0.25, 0.3) is 0 Å². The number of nitrogens with zero attached hydrogens (tertiary/aromatic N) is 2. The molecule has 0 spiro atoms. The molecule has 0 aliphatic rings. The van der Waals surface area contributed by atoms with Gasteiger partial charge in [0.2, 0.25) is 5.89 Å². The maximum Gasteiger partial charge on any atom is 0.226 e. The zero-order valence-corrected chi connectivity index (χ0v) is 16.4. The fraction of sp³-hybridized carbons (Fsp3) is 0.200. The Bertz CT molecular complexity index is 890. The molecule has 1 aromatic heterocycles. The van der Waals surface area contributed by atoms with Gasteiger partial charge in [0, 0.05) is 23.6 Å². The summed E-state index contributed by atoms with van der Waals surface area (Å²) in [4.78, 5) is 8.77. The summed E-state index contributed by atoms with van der Waals surface area (Å²) < 4.78 is 6.64. The zero-order valence-electron chi connectivity index (χ0n) is 14.8. The largest absolute Gasteiger partial charge is 0.444 e. The van der Waals surface area contributed by atoms with Crippen LogP contribution in [0.4, 0.5) is 0 Å². The molecule has 2 N–H and O–H groups in total. The average molecular weight is 413 g/mol. The van der Waals surface area contributed by atoms with Crippen molar-refractivity contribution in [3.05, 3.63) is 76.1 Å². The van der Waals surface area contributed by atoms with Gasteiger partial charge >= 0.3 is 0 Å². The highest BCUT2D eigenvalue weighted by atomic mass is 79.9. The van der Waals surface area contributed by atoms with Gasteiger partial charge in [0.05, 0.1) is 12.2 Å². The molecule has 3 aromatic rings. The highest BCUT2D eigenvalue weighted by Crippen LogP contribution is 2.18. The Kier molecular flexibility index (Phi) is 6.07. The summed E-state index contributed by atoms with van der Waals surface area (Å²) in [6.07, 6.45) is 1.67. The molecule has 0 unspecified atom stereocenters. The third-order valence-electron chi connectivity index (χ3n) is 3.98. The van der Waals surface area contributed by atoms with Crippen molar-refractivity contribution in [2.45, 2.75) is 20.0 Å². The minimum atomic E-state index is 0.537. The topological polar surface area (TPSA) is 62.5 Å². The molecule has 0 radical (unpaired) electrons. The van der Waals surface area contributed by atoms with E-state index in [2.05, 4.69) is 55.6 Å². The normalized spacial score (nSPS) is 11.4. The van der Waals surface area contributed by atoms with E-state index in [9.17, 15) is 0 Å². The summed E-state index contributed by atoms with van der Waals surface area (Å²) in [6.45, 7) is 3.33. The van der Waals surface area contributed by atoms with E-state index >= 15 is 0 Å². The molecule has 0 saturated carbocycles. The molecule has 134 valence electrons. The first-order valence-corrected chi connectivity index (χ1v) is 9.14. The molecule has 0 aliphatic heterocycles. The standard InChI is InChI=1S/C20H21BrN4O/c1-14-10-17(21)9-8-16(14)11-23-20(22-2)24-12-18-13-26-19(25-18)15-6-4-3-5-7-15/h3-10,13H,11-12H2,1-2H3,(H2,22,23,24). The van der Waals surface area contributed by atoms with Gasteiger partial charge in [-0.15, -0.1) is 0 Å². The van der Waals surface area contributed by atoms with E-state index in [1.807, 2.05) is 36.4 Å². The van der Waals surface area contributed by atoms with Crippen molar-refractivity contribution in [3.63, 3.8) is 0 Å². The number of guanidine groups is 1. The van der Waals surface area contributed by atoms with Crippen LogP contribution in [0, 0.1) is 6.92 Å². The highest BCUT2D eigenvalue weighted by Gasteiger charge is 2.07. The van der Waals surface area contributed by atoms with Gasteiger partial charge < -0.3 is 15.1 Å². The van der Waals surface area contributed by atoms with E-state index in [4.69, 9.17) is 4.42 Å². The van der Waals surface area contributed by atoms with Gasteiger partial charge in [-0.05, 0) is 42.3 Å². The van der Waals surface area contributed by atoms with E-state index in [-0.39, 0.29) is 0 Å². The maximum absolute atomic E-state index is 5.56. The van der Waals surface area contributed by atoms with E-state index < -0.39 is 0 Å². The Balaban J connectivity index is 1.55. The number of benzene rings is 2. The summed E-state index contributed by atoms with van der Waals surface area (Å²) in [7, 11) is 1.75. The lowest BCUT2D eigenvalue weighted by atomic mass is 10.1. The van der Waals surface area contributed by atoms with Crippen molar-refractivity contribution in [1.29, 1.82) is 0 Å². The van der Waals surface area contributed by atoms with E-state index in [0.29, 0.717) is 19.0 Å². The van der Waals surface area contributed by atoms with E-state index in [0.717, 1.165) is 21.7 Å². The van der Waals surface area contributed by atoms with Gasteiger partial charge in [-0.3, -0.25) is 4.99 Å². The van der Waals surface area contributed by atoms with Crippen molar-refractivity contribution in [2.75, 3.05) is 7.05 Å². The summed E-state index contributed by atoms with van der Waals surface area (Å²) in [5.74, 6) is 1.34. The third kappa shape index (κ3) is 4.73. The molecular weight excluding hydrogens is 392 g/mol. The predicted molar refractivity (Wildman–Crippen MR) is 108 cm³/mol. The van der Waals surface area contributed by atoms with Gasteiger partial charge in [-0.1, -0.05) is 40.2 Å². The molecule has 1 heterocycles. The number of halogens is 1. The SMILES string of the molecule is CN=C(NCc1coc(-c2ccccc2)n1)NCc1ccc(Br)cc1C. The van der Waals surface area contributed by atoms with Crippen LogP contribution in [0.1, 0.15) is 16.8 Å². The summed E-state index contributed by atoms with van der Waals surface area (Å²) in [5, 5.41) is 6.58.